The third kappa shape index (κ3) is 5.49. The predicted octanol–water partition coefficient (Wildman–Crippen LogP) is 3.45. The summed E-state index contributed by atoms with van der Waals surface area (Å²) in [5.41, 5.74) is 2.63. The van der Waals surface area contributed by atoms with Crippen LogP contribution < -0.4 is 10.6 Å². The van der Waals surface area contributed by atoms with Crippen molar-refractivity contribution < 1.29 is 9.59 Å². The Morgan fingerprint density at radius 1 is 1.04 bits per heavy atom. The predicted molar refractivity (Wildman–Crippen MR) is 98.8 cm³/mol. The van der Waals surface area contributed by atoms with Crippen LogP contribution in [0.15, 0.2) is 53.0 Å². The van der Waals surface area contributed by atoms with Gasteiger partial charge in [0, 0.05) is 29.5 Å². The molecule has 5 heteroatoms. The third-order valence-electron chi connectivity index (χ3n) is 3.60. The molecule has 24 heavy (non-hydrogen) atoms. The van der Waals surface area contributed by atoms with E-state index in [0.29, 0.717) is 31.5 Å². The molecule has 0 bridgehead atoms. The Kier molecular flexibility index (Phi) is 7.00. The quantitative estimate of drug-likeness (QED) is 0.762. The highest BCUT2D eigenvalue weighted by Gasteiger charge is 2.07. The zero-order valence-electron chi connectivity index (χ0n) is 13.6. The highest BCUT2D eigenvalue weighted by atomic mass is 79.9. The number of hydrogen-bond acceptors (Lipinski definition) is 2. The van der Waals surface area contributed by atoms with Crippen LogP contribution >= 0.6 is 15.9 Å². The maximum atomic E-state index is 12.0. The first-order valence-electron chi connectivity index (χ1n) is 7.97. The number of rotatable bonds is 7. The van der Waals surface area contributed by atoms with Gasteiger partial charge in [0.05, 0.1) is 0 Å². The molecule has 0 unspecified atom stereocenters. The summed E-state index contributed by atoms with van der Waals surface area (Å²) in [6.07, 6.45) is 1.12. The topological polar surface area (TPSA) is 58.2 Å². The molecule has 0 saturated heterocycles. The Labute approximate surface area is 150 Å². The zero-order chi connectivity index (χ0) is 17.4. The molecule has 0 aliphatic rings. The summed E-state index contributed by atoms with van der Waals surface area (Å²) in [4.78, 5) is 23.8. The molecule has 126 valence electrons. The first-order valence-corrected chi connectivity index (χ1v) is 8.76. The smallest absolute Gasteiger partial charge is 0.251 e. The van der Waals surface area contributed by atoms with Crippen LogP contribution in [0.3, 0.4) is 0 Å². The number of aryl methyl sites for hydroxylation is 1. The van der Waals surface area contributed by atoms with E-state index in [1.165, 1.54) is 0 Å². The van der Waals surface area contributed by atoms with Gasteiger partial charge in [-0.3, -0.25) is 9.59 Å². The van der Waals surface area contributed by atoms with Crippen molar-refractivity contribution in [1.29, 1.82) is 0 Å². The lowest BCUT2D eigenvalue weighted by atomic mass is 10.1. The number of halogens is 1. The molecule has 2 aromatic carbocycles. The number of benzene rings is 2. The van der Waals surface area contributed by atoms with Crippen molar-refractivity contribution in [2.75, 3.05) is 6.54 Å². The van der Waals surface area contributed by atoms with Crippen LogP contribution in [-0.2, 0) is 17.8 Å². The second kappa shape index (κ2) is 9.23. The number of carbonyl (C=O) groups excluding carboxylic acids is 2. The van der Waals surface area contributed by atoms with Gasteiger partial charge in [-0.25, -0.2) is 0 Å². The minimum Gasteiger partial charge on any atom is -0.352 e. The van der Waals surface area contributed by atoms with Crippen LogP contribution in [0, 0.1) is 0 Å². The summed E-state index contributed by atoms with van der Waals surface area (Å²) in [7, 11) is 0. The van der Waals surface area contributed by atoms with E-state index < -0.39 is 0 Å². The van der Waals surface area contributed by atoms with Gasteiger partial charge in [0.25, 0.3) is 5.91 Å². The zero-order valence-corrected chi connectivity index (χ0v) is 15.2. The molecule has 4 nitrogen and oxygen atoms in total. The third-order valence-corrected chi connectivity index (χ3v) is 4.37. The van der Waals surface area contributed by atoms with E-state index >= 15 is 0 Å². The highest BCUT2D eigenvalue weighted by molar-refractivity contribution is 9.10. The van der Waals surface area contributed by atoms with Crippen LogP contribution in [-0.4, -0.2) is 18.4 Å². The second-order valence-corrected chi connectivity index (χ2v) is 6.28. The molecule has 2 N–H and O–H groups in total. The summed E-state index contributed by atoms with van der Waals surface area (Å²) in [6, 6.07) is 15.2. The van der Waals surface area contributed by atoms with Gasteiger partial charge in [0.1, 0.15) is 0 Å². The van der Waals surface area contributed by atoms with Gasteiger partial charge in [-0.05, 0) is 42.7 Å². The number of hydrogen-bond donors (Lipinski definition) is 2. The van der Waals surface area contributed by atoms with Crippen molar-refractivity contribution >= 4 is 27.7 Å². The van der Waals surface area contributed by atoms with Crippen molar-refractivity contribution in [2.24, 2.45) is 0 Å². The molecule has 0 atom stereocenters. The van der Waals surface area contributed by atoms with E-state index in [0.717, 1.165) is 15.6 Å². The largest absolute Gasteiger partial charge is 0.352 e. The van der Waals surface area contributed by atoms with E-state index in [1.807, 2.05) is 43.3 Å². The van der Waals surface area contributed by atoms with E-state index in [9.17, 15) is 9.59 Å². The summed E-state index contributed by atoms with van der Waals surface area (Å²) >= 11 is 3.49. The summed E-state index contributed by atoms with van der Waals surface area (Å²) in [6.45, 7) is 2.89. The van der Waals surface area contributed by atoms with Crippen LogP contribution in [0.1, 0.15) is 34.8 Å². The van der Waals surface area contributed by atoms with E-state index in [4.69, 9.17) is 0 Å². The molecule has 0 saturated carbocycles. The molecule has 2 aromatic rings. The maximum Gasteiger partial charge on any atom is 0.251 e. The fraction of sp³-hybridized carbons (Fsp3) is 0.263. The molecule has 0 aliphatic heterocycles. The van der Waals surface area contributed by atoms with E-state index in [2.05, 4.69) is 26.6 Å². The molecule has 2 amide bonds. The molecular formula is C19H21BrN2O2. The minimum absolute atomic E-state index is 0.00540. The Balaban J connectivity index is 1.84. The SMILES string of the molecule is CCNC(=O)c1cccc(CNC(=O)CCc2ccccc2Br)c1. The maximum absolute atomic E-state index is 12.0. The van der Waals surface area contributed by atoms with Crippen molar-refractivity contribution in [3.63, 3.8) is 0 Å². The Bertz CT molecular complexity index is 716. The van der Waals surface area contributed by atoms with Gasteiger partial charge in [-0.1, -0.05) is 46.3 Å². The van der Waals surface area contributed by atoms with Gasteiger partial charge >= 0.3 is 0 Å². The van der Waals surface area contributed by atoms with Gasteiger partial charge in [-0.2, -0.15) is 0 Å². The average molecular weight is 389 g/mol. The molecule has 0 radical (unpaired) electrons. The molecule has 0 spiro atoms. The molecule has 2 rings (SSSR count). The number of nitrogens with one attached hydrogen (secondary N) is 2. The van der Waals surface area contributed by atoms with Crippen LogP contribution in [0.2, 0.25) is 0 Å². The van der Waals surface area contributed by atoms with Crippen LogP contribution in [0.5, 0.6) is 0 Å². The second-order valence-electron chi connectivity index (χ2n) is 5.43. The molecule has 0 fully saturated rings. The van der Waals surface area contributed by atoms with Crippen molar-refractivity contribution in [1.82, 2.24) is 10.6 Å². The molecule has 0 heterocycles. The Morgan fingerprint density at radius 3 is 2.58 bits per heavy atom. The lowest BCUT2D eigenvalue weighted by Crippen LogP contribution is -2.24. The lowest BCUT2D eigenvalue weighted by Gasteiger charge is -2.08. The van der Waals surface area contributed by atoms with E-state index in [1.54, 1.807) is 12.1 Å². The van der Waals surface area contributed by atoms with Crippen LogP contribution in [0.4, 0.5) is 0 Å². The van der Waals surface area contributed by atoms with Crippen LogP contribution in [0.25, 0.3) is 0 Å². The van der Waals surface area contributed by atoms with Gasteiger partial charge in [0.15, 0.2) is 0 Å². The lowest BCUT2D eigenvalue weighted by molar-refractivity contribution is -0.121. The fourth-order valence-corrected chi connectivity index (χ4v) is 2.81. The van der Waals surface area contributed by atoms with Crippen molar-refractivity contribution in [3.8, 4) is 0 Å². The monoisotopic (exact) mass is 388 g/mol. The number of amides is 2. The summed E-state index contributed by atoms with van der Waals surface area (Å²) in [5.74, 6) is -0.103. The van der Waals surface area contributed by atoms with E-state index in [-0.39, 0.29) is 11.8 Å². The van der Waals surface area contributed by atoms with Crippen molar-refractivity contribution in [3.05, 3.63) is 69.7 Å². The average Bonchev–Trinajstić information content (AvgIpc) is 2.60. The molecular weight excluding hydrogens is 368 g/mol. The summed E-state index contributed by atoms with van der Waals surface area (Å²) in [5, 5.41) is 5.67. The first kappa shape index (κ1) is 18.2. The first-order chi connectivity index (χ1) is 11.6. The molecule has 0 aromatic heterocycles. The number of carbonyl (C=O) groups is 2. The fourth-order valence-electron chi connectivity index (χ4n) is 2.32. The summed E-state index contributed by atoms with van der Waals surface area (Å²) < 4.78 is 1.02. The van der Waals surface area contributed by atoms with Gasteiger partial charge in [-0.15, -0.1) is 0 Å². The van der Waals surface area contributed by atoms with Crippen molar-refractivity contribution in [2.45, 2.75) is 26.3 Å². The normalized spacial score (nSPS) is 10.2. The standard InChI is InChI=1S/C19H21BrN2O2/c1-2-21-19(24)16-8-5-6-14(12-16)13-22-18(23)11-10-15-7-3-4-9-17(15)20/h3-9,12H,2,10-11,13H2,1H3,(H,21,24)(H,22,23). The Hall–Kier alpha value is -2.14. The van der Waals surface area contributed by atoms with Gasteiger partial charge < -0.3 is 10.6 Å². The van der Waals surface area contributed by atoms with Gasteiger partial charge in [0.2, 0.25) is 5.91 Å². The highest BCUT2D eigenvalue weighted by Crippen LogP contribution is 2.17. The minimum atomic E-state index is -0.0976. The molecule has 0 aliphatic carbocycles. The Morgan fingerprint density at radius 2 is 1.83 bits per heavy atom.